The lowest BCUT2D eigenvalue weighted by molar-refractivity contribution is -0.0615. The first-order valence-corrected chi connectivity index (χ1v) is 6.02. The molecule has 1 amide bonds. The molecule has 0 spiro atoms. The molecular weight excluding hydrogens is 235 g/mol. The quantitative estimate of drug-likeness (QED) is 0.874. The topological polar surface area (TPSA) is 51.2 Å². The van der Waals surface area contributed by atoms with Crippen LogP contribution in [0.25, 0.3) is 0 Å². The normalized spacial score (nSPS) is 22.5. The van der Waals surface area contributed by atoms with Crippen molar-refractivity contribution in [2.75, 3.05) is 6.61 Å². The van der Waals surface area contributed by atoms with Gasteiger partial charge in [-0.05, 0) is 32.8 Å². The van der Waals surface area contributed by atoms with Gasteiger partial charge in [0.05, 0.1) is 17.4 Å². The number of nitrogens with one attached hydrogen (secondary N) is 1. The third-order valence-corrected chi connectivity index (χ3v) is 3.00. The Bertz CT molecular complexity index is 448. The zero-order chi connectivity index (χ0) is 13.2. The average Bonchev–Trinajstić information content (AvgIpc) is 2.27. The van der Waals surface area contributed by atoms with Crippen LogP contribution >= 0.6 is 0 Å². The van der Waals surface area contributed by atoms with Gasteiger partial charge in [-0.2, -0.15) is 0 Å². The van der Waals surface area contributed by atoms with E-state index in [4.69, 9.17) is 4.74 Å². The van der Waals surface area contributed by atoms with Crippen LogP contribution in [0.5, 0.6) is 0 Å². The van der Waals surface area contributed by atoms with E-state index in [2.05, 4.69) is 10.3 Å². The van der Waals surface area contributed by atoms with Crippen LogP contribution in [0.3, 0.4) is 0 Å². The molecular formula is C13H17FN2O2. The number of amides is 1. The second kappa shape index (κ2) is 5.02. The van der Waals surface area contributed by atoms with E-state index in [-0.39, 0.29) is 23.1 Å². The number of rotatable bonds is 2. The van der Waals surface area contributed by atoms with Crippen LogP contribution in [-0.4, -0.2) is 29.1 Å². The van der Waals surface area contributed by atoms with Gasteiger partial charge in [-0.15, -0.1) is 0 Å². The molecule has 0 bridgehead atoms. The highest BCUT2D eigenvalue weighted by Gasteiger charge is 2.29. The van der Waals surface area contributed by atoms with Crippen LogP contribution < -0.4 is 5.32 Å². The lowest BCUT2D eigenvalue weighted by Crippen LogP contribution is -2.45. The van der Waals surface area contributed by atoms with E-state index < -0.39 is 5.82 Å². The van der Waals surface area contributed by atoms with Crippen molar-refractivity contribution in [1.82, 2.24) is 10.3 Å². The van der Waals surface area contributed by atoms with Crippen molar-refractivity contribution in [3.63, 3.8) is 0 Å². The number of carbonyl (C=O) groups is 1. The van der Waals surface area contributed by atoms with Crippen LogP contribution in [0.2, 0.25) is 0 Å². The minimum Gasteiger partial charge on any atom is -0.375 e. The fourth-order valence-electron chi connectivity index (χ4n) is 2.16. The maximum atomic E-state index is 13.0. The Balaban J connectivity index is 1.99. The molecule has 0 saturated carbocycles. The van der Waals surface area contributed by atoms with Crippen molar-refractivity contribution >= 4 is 5.91 Å². The van der Waals surface area contributed by atoms with Crippen molar-refractivity contribution in [1.29, 1.82) is 0 Å². The summed E-state index contributed by atoms with van der Waals surface area (Å²) < 4.78 is 18.5. The van der Waals surface area contributed by atoms with Crippen LogP contribution in [0, 0.1) is 5.82 Å². The van der Waals surface area contributed by atoms with Gasteiger partial charge >= 0.3 is 0 Å². The first-order valence-electron chi connectivity index (χ1n) is 6.02. The highest BCUT2D eigenvalue weighted by molar-refractivity contribution is 5.94. The highest BCUT2D eigenvalue weighted by atomic mass is 19.1. The largest absolute Gasteiger partial charge is 0.375 e. The molecule has 18 heavy (non-hydrogen) atoms. The highest BCUT2D eigenvalue weighted by Crippen LogP contribution is 2.24. The van der Waals surface area contributed by atoms with E-state index in [0.29, 0.717) is 6.61 Å². The Hall–Kier alpha value is -1.49. The Morgan fingerprint density at radius 1 is 1.56 bits per heavy atom. The molecule has 2 heterocycles. The second-order valence-electron chi connectivity index (χ2n) is 5.16. The van der Waals surface area contributed by atoms with E-state index >= 15 is 0 Å². The first-order chi connectivity index (χ1) is 8.46. The van der Waals surface area contributed by atoms with E-state index in [1.807, 2.05) is 13.8 Å². The molecule has 1 unspecified atom stereocenters. The molecule has 1 aromatic heterocycles. The van der Waals surface area contributed by atoms with Crippen molar-refractivity contribution in [3.8, 4) is 0 Å². The maximum Gasteiger partial charge on any atom is 0.253 e. The number of pyridine rings is 1. The van der Waals surface area contributed by atoms with E-state index in [0.717, 1.165) is 19.0 Å². The molecule has 98 valence electrons. The Labute approximate surface area is 106 Å². The number of aromatic nitrogens is 1. The van der Waals surface area contributed by atoms with Crippen LogP contribution in [0.1, 0.15) is 37.0 Å². The molecule has 1 N–H and O–H groups in total. The third kappa shape index (κ3) is 3.26. The molecule has 0 aromatic carbocycles. The molecule has 1 aliphatic rings. The Kier molecular flexibility index (Phi) is 3.61. The van der Waals surface area contributed by atoms with Gasteiger partial charge in [0.2, 0.25) is 0 Å². The molecule has 4 nitrogen and oxygen atoms in total. The minimum absolute atomic E-state index is 0.0597. The lowest BCUT2D eigenvalue weighted by Gasteiger charge is -2.35. The van der Waals surface area contributed by atoms with Crippen molar-refractivity contribution in [2.45, 2.75) is 38.3 Å². The van der Waals surface area contributed by atoms with Gasteiger partial charge in [-0.25, -0.2) is 4.39 Å². The summed E-state index contributed by atoms with van der Waals surface area (Å²) in [7, 11) is 0. The predicted octanol–water partition coefficient (Wildman–Crippen LogP) is 1.91. The lowest BCUT2D eigenvalue weighted by atomic mass is 9.94. The summed E-state index contributed by atoms with van der Waals surface area (Å²) in [4.78, 5) is 15.6. The summed E-state index contributed by atoms with van der Waals surface area (Å²) >= 11 is 0. The third-order valence-electron chi connectivity index (χ3n) is 3.00. The summed E-state index contributed by atoms with van der Waals surface area (Å²) in [6.45, 7) is 4.61. The van der Waals surface area contributed by atoms with E-state index in [1.54, 1.807) is 0 Å². The summed E-state index contributed by atoms with van der Waals surface area (Å²) in [5, 5.41) is 2.89. The number of nitrogens with zero attached hydrogens (tertiary/aromatic N) is 1. The molecule has 5 heteroatoms. The molecule has 1 aliphatic heterocycles. The molecule has 1 saturated heterocycles. The van der Waals surface area contributed by atoms with Crippen molar-refractivity contribution in [3.05, 3.63) is 29.8 Å². The van der Waals surface area contributed by atoms with Crippen LogP contribution in [-0.2, 0) is 4.74 Å². The first kappa shape index (κ1) is 13.0. The standard InChI is InChI=1S/C13H17FN2O2/c1-13(2)6-11(3-4-18-13)16-12(17)9-5-10(14)8-15-7-9/h5,7-8,11H,3-4,6H2,1-2H3,(H,16,17). The van der Waals surface area contributed by atoms with Gasteiger partial charge in [-0.3, -0.25) is 9.78 Å². The molecule has 2 rings (SSSR count). The SMILES string of the molecule is CC1(C)CC(NC(=O)c2cncc(F)c2)CCO1. The average molecular weight is 252 g/mol. The van der Waals surface area contributed by atoms with Gasteiger partial charge in [0, 0.05) is 18.8 Å². The molecule has 0 radical (unpaired) electrons. The summed E-state index contributed by atoms with van der Waals surface area (Å²) in [5.74, 6) is -0.792. The zero-order valence-corrected chi connectivity index (χ0v) is 10.6. The minimum atomic E-state index is -0.505. The Morgan fingerprint density at radius 3 is 3.00 bits per heavy atom. The van der Waals surface area contributed by atoms with Crippen LogP contribution in [0.4, 0.5) is 4.39 Å². The van der Waals surface area contributed by atoms with Gasteiger partial charge in [0.15, 0.2) is 0 Å². The number of halogens is 1. The smallest absolute Gasteiger partial charge is 0.253 e. The molecule has 1 atom stereocenters. The number of hydrogen-bond donors (Lipinski definition) is 1. The van der Waals surface area contributed by atoms with Gasteiger partial charge in [0.1, 0.15) is 5.82 Å². The fraction of sp³-hybridized carbons (Fsp3) is 0.538. The van der Waals surface area contributed by atoms with E-state index in [1.165, 1.54) is 12.3 Å². The van der Waals surface area contributed by atoms with E-state index in [9.17, 15) is 9.18 Å². The summed E-state index contributed by atoms with van der Waals surface area (Å²) in [6.07, 6.45) is 3.97. The summed E-state index contributed by atoms with van der Waals surface area (Å²) in [5.41, 5.74) is 0.0235. The maximum absolute atomic E-state index is 13.0. The molecule has 1 fully saturated rings. The molecule has 1 aromatic rings. The monoisotopic (exact) mass is 252 g/mol. The van der Waals surface area contributed by atoms with Gasteiger partial charge in [-0.1, -0.05) is 0 Å². The Morgan fingerprint density at radius 2 is 2.33 bits per heavy atom. The fourth-order valence-corrected chi connectivity index (χ4v) is 2.16. The second-order valence-corrected chi connectivity index (χ2v) is 5.16. The zero-order valence-electron chi connectivity index (χ0n) is 10.6. The number of hydrogen-bond acceptors (Lipinski definition) is 3. The predicted molar refractivity (Wildman–Crippen MR) is 64.7 cm³/mol. The number of carbonyl (C=O) groups excluding carboxylic acids is 1. The number of ether oxygens (including phenoxy) is 1. The van der Waals surface area contributed by atoms with Gasteiger partial charge < -0.3 is 10.1 Å². The van der Waals surface area contributed by atoms with Crippen molar-refractivity contribution in [2.24, 2.45) is 0 Å². The van der Waals surface area contributed by atoms with Crippen molar-refractivity contribution < 1.29 is 13.9 Å². The summed E-state index contributed by atoms with van der Waals surface area (Å²) in [6, 6.07) is 1.25. The molecule has 0 aliphatic carbocycles. The van der Waals surface area contributed by atoms with Crippen LogP contribution in [0.15, 0.2) is 18.5 Å². The van der Waals surface area contributed by atoms with Gasteiger partial charge in [0.25, 0.3) is 5.91 Å².